The van der Waals surface area contributed by atoms with Crippen LogP contribution in [0, 0.1) is 3.57 Å². The molecule has 5 N–H and O–H groups in total. The average Bonchev–Trinajstić information content (AvgIpc) is 2.90. The SMILES string of the molecule is Nc1nc2c(c(I)cn2[C@@H]2C[C@H](O)[C@@H](CO)O2)c(=O)[nH]1. The van der Waals surface area contributed by atoms with E-state index < -0.39 is 18.4 Å². The normalized spacial score (nSPS) is 26.4. The number of halogens is 1. The predicted octanol–water partition coefficient (Wildman–Crippen LogP) is -0.448. The number of anilines is 1. The minimum atomic E-state index is -0.751. The number of rotatable bonds is 2. The molecule has 3 heterocycles. The standard InChI is InChI=1S/C11H13IN4O4/c12-4-2-16(7-1-5(18)6(3-17)20-7)9-8(4)10(19)15-11(13)14-9/h2,5-7,17-18H,1,3H2,(H3,13,14,15,19)/t5-,6+,7-/m0/s1. The minimum absolute atomic E-state index is 0.0236. The summed E-state index contributed by atoms with van der Waals surface area (Å²) in [6.45, 7) is -0.260. The Hall–Kier alpha value is -1.17. The monoisotopic (exact) mass is 392 g/mol. The summed E-state index contributed by atoms with van der Waals surface area (Å²) < 4.78 is 7.96. The fourth-order valence-corrected chi connectivity index (χ4v) is 3.18. The van der Waals surface area contributed by atoms with Gasteiger partial charge in [0.2, 0.25) is 5.95 Å². The molecule has 1 saturated heterocycles. The summed E-state index contributed by atoms with van der Waals surface area (Å²) in [5.74, 6) is 0.0236. The molecule has 1 fully saturated rings. The molecule has 2 aromatic rings. The highest BCUT2D eigenvalue weighted by Gasteiger charge is 2.35. The Morgan fingerprint density at radius 2 is 2.40 bits per heavy atom. The van der Waals surface area contributed by atoms with Gasteiger partial charge < -0.3 is 25.3 Å². The van der Waals surface area contributed by atoms with Crippen LogP contribution < -0.4 is 11.3 Å². The molecule has 0 aliphatic carbocycles. The van der Waals surface area contributed by atoms with Crippen molar-refractivity contribution in [2.75, 3.05) is 12.3 Å². The maximum absolute atomic E-state index is 11.9. The third-order valence-electron chi connectivity index (χ3n) is 3.35. The highest BCUT2D eigenvalue weighted by molar-refractivity contribution is 14.1. The van der Waals surface area contributed by atoms with Gasteiger partial charge in [0.15, 0.2) is 5.65 Å². The maximum Gasteiger partial charge on any atom is 0.262 e. The summed E-state index contributed by atoms with van der Waals surface area (Å²) >= 11 is 2.03. The Balaban J connectivity index is 2.11. The molecule has 3 rings (SSSR count). The van der Waals surface area contributed by atoms with Crippen molar-refractivity contribution >= 4 is 39.6 Å². The first-order valence-electron chi connectivity index (χ1n) is 6.01. The van der Waals surface area contributed by atoms with Gasteiger partial charge in [-0.05, 0) is 22.6 Å². The molecule has 2 aromatic heterocycles. The molecule has 0 spiro atoms. The summed E-state index contributed by atoms with van der Waals surface area (Å²) in [6, 6.07) is 0. The molecule has 9 heteroatoms. The zero-order valence-electron chi connectivity index (χ0n) is 10.3. The van der Waals surface area contributed by atoms with Gasteiger partial charge in [-0.1, -0.05) is 0 Å². The number of nitrogens with one attached hydrogen (secondary N) is 1. The van der Waals surface area contributed by atoms with E-state index in [1.807, 2.05) is 22.6 Å². The van der Waals surface area contributed by atoms with Crippen molar-refractivity contribution in [2.24, 2.45) is 0 Å². The molecule has 1 aliphatic heterocycles. The number of aliphatic hydroxyl groups is 2. The minimum Gasteiger partial charge on any atom is -0.394 e. The Morgan fingerprint density at radius 3 is 3.05 bits per heavy atom. The van der Waals surface area contributed by atoms with Crippen LogP contribution >= 0.6 is 22.6 Å². The summed E-state index contributed by atoms with van der Waals surface area (Å²) in [4.78, 5) is 18.5. The van der Waals surface area contributed by atoms with Crippen molar-refractivity contribution < 1.29 is 14.9 Å². The molecule has 0 amide bonds. The van der Waals surface area contributed by atoms with Gasteiger partial charge in [-0.15, -0.1) is 0 Å². The maximum atomic E-state index is 11.9. The van der Waals surface area contributed by atoms with Crippen LogP contribution in [0.4, 0.5) is 5.95 Å². The lowest BCUT2D eigenvalue weighted by Gasteiger charge is -2.14. The van der Waals surface area contributed by atoms with Gasteiger partial charge in [0.25, 0.3) is 5.56 Å². The van der Waals surface area contributed by atoms with E-state index in [1.165, 1.54) is 0 Å². The van der Waals surface area contributed by atoms with E-state index in [0.29, 0.717) is 17.5 Å². The van der Waals surface area contributed by atoms with Crippen molar-refractivity contribution in [3.8, 4) is 0 Å². The molecule has 1 aliphatic rings. The Kier molecular flexibility index (Phi) is 3.44. The van der Waals surface area contributed by atoms with Gasteiger partial charge >= 0.3 is 0 Å². The fraction of sp³-hybridized carbons (Fsp3) is 0.455. The number of aromatic amines is 1. The average molecular weight is 392 g/mol. The number of hydrogen-bond acceptors (Lipinski definition) is 6. The van der Waals surface area contributed by atoms with Crippen molar-refractivity contribution in [3.05, 3.63) is 20.1 Å². The van der Waals surface area contributed by atoms with Crippen LogP contribution in [-0.4, -0.2) is 43.6 Å². The predicted molar refractivity (Wildman–Crippen MR) is 79.1 cm³/mol. The van der Waals surface area contributed by atoms with E-state index in [1.54, 1.807) is 10.8 Å². The number of H-pyrrole nitrogens is 1. The number of nitrogen functional groups attached to an aromatic ring is 1. The van der Waals surface area contributed by atoms with Gasteiger partial charge in [-0.2, -0.15) is 4.98 Å². The van der Waals surface area contributed by atoms with Gasteiger partial charge in [0, 0.05) is 16.2 Å². The topological polar surface area (TPSA) is 126 Å². The largest absolute Gasteiger partial charge is 0.394 e. The number of aromatic nitrogens is 3. The van der Waals surface area contributed by atoms with Crippen LogP contribution in [0.5, 0.6) is 0 Å². The molecule has 3 atom stereocenters. The summed E-state index contributed by atoms with van der Waals surface area (Å²) in [5, 5.41) is 19.4. The lowest BCUT2D eigenvalue weighted by atomic mass is 10.2. The smallest absolute Gasteiger partial charge is 0.262 e. The molecule has 0 radical (unpaired) electrons. The van der Waals surface area contributed by atoms with Crippen LogP contribution in [-0.2, 0) is 4.74 Å². The van der Waals surface area contributed by atoms with Gasteiger partial charge in [0.05, 0.1) is 18.1 Å². The van der Waals surface area contributed by atoms with Crippen LogP contribution in [0.2, 0.25) is 0 Å². The molecular weight excluding hydrogens is 379 g/mol. The molecular formula is C11H13IN4O4. The lowest BCUT2D eigenvalue weighted by Crippen LogP contribution is -2.24. The molecule has 0 bridgehead atoms. The molecule has 0 aromatic carbocycles. The van der Waals surface area contributed by atoms with Crippen molar-refractivity contribution in [1.82, 2.24) is 14.5 Å². The van der Waals surface area contributed by atoms with Crippen LogP contribution in [0.15, 0.2) is 11.0 Å². The summed E-state index contributed by atoms with van der Waals surface area (Å²) in [5.41, 5.74) is 5.67. The number of aliphatic hydroxyl groups excluding tert-OH is 2. The van der Waals surface area contributed by atoms with Crippen molar-refractivity contribution in [2.45, 2.75) is 24.9 Å². The highest BCUT2D eigenvalue weighted by Crippen LogP contribution is 2.32. The highest BCUT2D eigenvalue weighted by atomic mass is 127. The van der Waals surface area contributed by atoms with E-state index in [4.69, 9.17) is 15.6 Å². The second-order valence-electron chi connectivity index (χ2n) is 4.65. The second-order valence-corrected chi connectivity index (χ2v) is 5.81. The van der Waals surface area contributed by atoms with Gasteiger partial charge in [-0.25, -0.2) is 0 Å². The molecule has 8 nitrogen and oxygen atoms in total. The quantitative estimate of drug-likeness (QED) is 0.513. The Labute approximate surface area is 126 Å². The molecule has 108 valence electrons. The van der Waals surface area contributed by atoms with E-state index in [-0.39, 0.29) is 18.1 Å². The van der Waals surface area contributed by atoms with Crippen molar-refractivity contribution in [3.63, 3.8) is 0 Å². The van der Waals surface area contributed by atoms with E-state index in [0.717, 1.165) is 3.57 Å². The van der Waals surface area contributed by atoms with Crippen LogP contribution in [0.25, 0.3) is 11.0 Å². The Morgan fingerprint density at radius 1 is 1.65 bits per heavy atom. The number of nitrogens with zero attached hydrogens (tertiary/aromatic N) is 2. The zero-order valence-corrected chi connectivity index (χ0v) is 12.4. The number of ether oxygens (including phenoxy) is 1. The summed E-state index contributed by atoms with van der Waals surface area (Å²) in [6.07, 6.45) is 0.180. The molecule has 0 unspecified atom stereocenters. The van der Waals surface area contributed by atoms with Gasteiger partial charge in [-0.3, -0.25) is 9.78 Å². The van der Waals surface area contributed by atoms with Crippen LogP contribution in [0.3, 0.4) is 0 Å². The first-order chi connectivity index (χ1) is 9.51. The Bertz CT molecular complexity index is 712. The van der Waals surface area contributed by atoms with Gasteiger partial charge in [0.1, 0.15) is 12.3 Å². The molecule has 0 saturated carbocycles. The molecule has 20 heavy (non-hydrogen) atoms. The van der Waals surface area contributed by atoms with E-state index >= 15 is 0 Å². The van der Waals surface area contributed by atoms with E-state index in [9.17, 15) is 9.90 Å². The number of fused-ring (bicyclic) bond motifs is 1. The summed E-state index contributed by atoms with van der Waals surface area (Å²) in [7, 11) is 0. The van der Waals surface area contributed by atoms with Crippen LogP contribution in [0.1, 0.15) is 12.6 Å². The fourth-order valence-electron chi connectivity index (χ4n) is 2.40. The van der Waals surface area contributed by atoms with E-state index in [2.05, 4.69) is 9.97 Å². The number of hydrogen-bond donors (Lipinski definition) is 4. The van der Waals surface area contributed by atoms with Crippen molar-refractivity contribution in [1.29, 1.82) is 0 Å². The second kappa shape index (κ2) is 4.98. The first kappa shape index (κ1) is 13.8. The zero-order chi connectivity index (χ0) is 14.4. The first-order valence-corrected chi connectivity index (χ1v) is 7.09. The number of nitrogens with two attached hydrogens (primary N) is 1. The third kappa shape index (κ3) is 2.10. The third-order valence-corrected chi connectivity index (χ3v) is 4.17. The lowest BCUT2D eigenvalue weighted by molar-refractivity contribution is -0.0430.